The van der Waals surface area contributed by atoms with Gasteiger partial charge in [-0.15, -0.1) is 0 Å². The van der Waals surface area contributed by atoms with Crippen molar-refractivity contribution in [3.8, 4) is 5.75 Å². The Balaban J connectivity index is 1.88. The van der Waals surface area contributed by atoms with Gasteiger partial charge in [0.25, 0.3) is 0 Å². The van der Waals surface area contributed by atoms with Crippen LogP contribution in [-0.2, 0) is 6.54 Å². The van der Waals surface area contributed by atoms with Crippen molar-refractivity contribution >= 4 is 28.5 Å². The van der Waals surface area contributed by atoms with E-state index in [1.807, 2.05) is 24.3 Å². The maximum atomic E-state index is 11.3. The van der Waals surface area contributed by atoms with Crippen LogP contribution in [0, 0.1) is 0 Å². The number of aromatic nitrogens is 1. The van der Waals surface area contributed by atoms with Crippen LogP contribution in [0.1, 0.15) is 12.0 Å². The van der Waals surface area contributed by atoms with Crippen LogP contribution in [0.15, 0.2) is 40.6 Å². The van der Waals surface area contributed by atoms with E-state index >= 15 is 0 Å². The summed E-state index contributed by atoms with van der Waals surface area (Å²) >= 11 is 6.16. The Kier molecular flexibility index (Phi) is 4.70. The quantitative estimate of drug-likeness (QED) is 0.654. The Hall–Kier alpha value is -1.66. The second-order valence-corrected chi connectivity index (χ2v) is 5.22. The summed E-state index contributed by atoms with van der Waals surface area (Å²) in [6.45, 7) is 1.17. The molecule has 0 aliphatic rings. The highest BCUT2D eigenvalue weighted by molar-refractivity contribution is 7.80. The molecule has 100 valence electrons. The van der Waals surface area contributed by atoms with Gasteiger partial charge in [0.2, 0.25) is 0 Å². The normalized spacial score (nSPS) is 10.3. The lowest BCUT2D eigenvalue weighted by molar-refractivity contribution is 0.301. The predicted molar refractivity (Wildman–Crippen MR) is 81.0 cm³/mol. The molecular formula is C13H14N2O2S2. The fourth-order valence-electron chi connectivity index (χ4n) is 1.67. The van der Waals surface area contributed by atoms with Crippen LogP contribution in [-0.4, -0.2) is 16.2 Å². The van der Waals surface area contributed by atoms with E-state index in [9.17, 15) is 4.79 Å². The highest BCUT2D eigenvalue weighted by atomic mass is 32.1. The molecular weight excluding hydrogens is 280 g/mol. The summed E-state index contributed by atoms with van der Waals surface area (Å²) in [5, 5.41) is 1.78. The molecule has 0 amide bonds. The number of ether oxygens (including phenoxy) is 1. The molecule has 2 rings (SSSR count). The maximum absolute atomic E-state index is 11.3. The first-order valence-electron chi connectivity index (χ1n) is 5.84. The standard InChI is InChI=1S/C13H14N2O2S2/c14-12(18)10-4-1-2-5-11(10)17-8-3-6-15-7-9-19-13(15)16/h1-2,4-5,7,9H,3,6,8H2,(H2,14,18). The van der Waals surface area contributed by atoms with E-state index in [4.69, 9.17) is 22.7 Å². The molecule has 1 heterocycles. The number of hydrogen-bond donors (Lipinski definition) is 1. The van der Waals surface area contributed by atoms with Gasteiger partial charge in [0.05, 0.1) is 12.2 Å². The average molecular weight is 294 g/mol. The second-order valence-electron chi connectivity index (χ2n) is 3.92. The molecule has 0 aliphatic carbocycles. The van der Waals surface area contributed by atoms with Crippen molar-refractivity contribution < 1.29 is 4.74 Å². The van der Waals surface area contributed by atoms with Crippen LogP contribution in [0.3, 0.4) is 0 Å². The highest BCUT2D eigenvalue weighted by Gasteiger charge is 2.05. The fraction of sp³-hybridized carbons (Fsp3) is 0.231. The van der Waals surface area contributed by atoms with Gasteiger partial charge in [-0.1, -0.05) is 35.7 Å². The second kappa shape index (κ2) is 6.49. The van der Waals surface area contributed by atoms with E-state index in [1.54, 1.807) is 16.1 Å². The molecule has 0 bridgehead atoms. The molecule has 0 unspecified atom stereocenters. The number of thiocarbonyl (C=S) groups is 1. The third-order valence-corrected chi connectivity index (χ3v) is 3.51. The van der Waals surface area contributed by atoms with Gasteiger partial charge in [0.1, 0.15) is 10.7 Å². The molecule has 1 aromatic heterocycles. The number of rotatable bonds is 6. The molecule has 0 atom stereocenters. The summed E-state index contributed by atoms with van der Waals surface area (Å²) in [6, 6.07) is 7.42. The first-order chi connectivity index (χ1) is 9.18. The lowest BCUT2D eigenvalue weighted by Gasteiger charge is -2.10. The molecule has 0 saturated carbocycles. The molecule has 0 fully saturated rings. The molecule has 4 nitrogen and oxygen atoms in total. The van der Waals surface area contributed by atoms with Gasteiger partial charge in [0.15, 0.2) is 0 Å². The van der Waals surface area contributed by atoms with Crippen LogP contribution in [0.5, 0.6) is 5.75 Å². The van der Waals surface area contributed by atoms with Crippen LogP contribution in [0.4, 0.5) is 0 Å². The molecule has 2 N–H and O–H groups in total. The summed E-state index contributed by atoms with van der Waals surface area (Å²) in [4.78, 5) is 11.7. The Morgan fingerprint density at radius 2 is 2.21 bits per heavy atom. The molecule has 0 aliphatic heterocycles. The van der Waals surface area contributed by atoms with Gasteiger partial charge < -0.3 is 15.0 Å². The van der Waals surface area contributed by atoms with E-state index in [-0.39, 0.29) is 4.87 Å². The predicted octanol–water partition coefficient (Wildman–Crippen LogP) is 2.01. The number of thiazole rings is 1. The minimum atomic E-state index is 0.0588. The van der Waals surface area contributed by atoms with Crippen LogP contribution in [0.2, 0.25) is 0 Å². The molecule has 0 saturated heterocycles. The Bertz CT molecular complexity index is 619. The number of nitrogens with zero attached hydrogens (tertiary/aromatic N) is 1. The number of nitrogens with two attached hydrogens (primary N) is 1. The van der Waals surface area contributed by atoms with Gasteiger partial charge in [-0.2, -0.15) is 0 Å². The zero-order chi connectivity index (χ0) is 13.7. The highest BCUT2D eigenvalue weighted by Crippen LogP contribution is 2.17. The third kappa shape index (κ3) is 3.65. The van der Waals surface area contributed by atoms with Crippen molar-refractivity contribution in [2.24, 2.45) is 5.73 Å². The lowest BCUT2D eigenvalue weighted by Crippen LogP contribution is -2.15. The summed E-state index contributed by atoms with van der Waals surface area (Å²) in [5.74, 6) is 0.688. The van der Waals surface area contributed by atoms with Crippen LogP contribution in [0.25, 0.3) is 0 Å². The number of hydrogen-bond acceptors (Lipinski definition) is 4. The van der Waals surface area contributed by atoms with E-state index in [0.717, 1.165) is 12.0 Å². The van der Waals surface area contributed by atoms with Gasteiger partial charge in [-0.05, 0) is 18.6 Å². The van der Waals surface area contributed by atoms with Gasteiger partial charge in [0, 0.05) is 18.1 Å². The van der Waals surface area contributed by atoms with Crippen molar-refractivity contribution in [1.29, 1.82) is 0 Å². The van der Waals surface area contributed by atoms with Gasteiger partial charge in [-0.3, -0.25) is 4.79 Å². The molecule has 0 spiro atoms. The van der Waals surface area contributed by atoms with Crippen molar-refractivity contribution in [1.82, 2.24) is 4.57 Å². The third-order valence-electron chi connectivity index (χ3n) is 2.60. The van der Waals surface area contributed by atoms with E-state index in [2.05, 4.69) is 0 Å². The Labute approximate surface area is 120 Å². The lowest BCUT2D eigenvalue weighted by atomic mass is 10.2. The molecule has 0 radical (unpaired) electrons. The molecule has 2 aromatic rings. The zero-order valence-corrected chi connectivity index (χ0v) is 11.9. The molecule has 1 aromatic carbocycles. The van der Waals surface area contributed by atoms with Gasteiger partial charge in [-0.25, -0.2) is 0 Å². The summed E-state index contributed by atoms with van der Waals surface area (Å²) in [5.41, 5.74) is 6.36. The maximum Gasteiger partial charge on any atom is 0.307 e. The molecule has 6 heteroatoms. The van der Waals surface area contributed by atoms with Crippen LogP contribution >= 0.6 is 23.6 Å². The Morgan fingerprint density at radius 3 is 2.89 bits per heavy atom. The monoisotopic (exact) mass is 294 g/mol. The summed E-state index contributed by atoms with van der Waals surface area (Å²) in [6.07, 6.45) is 2.54. The summed E-state index contributed by atoms with van der Waals surface area (Å²) < 4.78 is 7.33. The topological polar surface area (TPSA) is 57.2 Å². The number of aryl methyl sites for hydroxylation is 1. The largest absolute Gasteiger partial charge is 0.493 e. The molecule has 19 heavy (non-hydrogen) atoms. The van der Waals surface area contributed by atoms with Crippen LogP contribution < -0.4 is 15.3 Å². The first-order valence-corrected chi connectivity index (χ1v) is 7.13. The number of benzene rings is 1. The minimum Gasteiger partial charge on any atom is -0.493 e. The minimum absolute atomic E-state index is 0.0588. The summed E-state index contributed by atoms with van der Waals surface area (Å²) in [7, 11) is 0. The Morgan fingerprint density at radius 1 is 1.42 bits per heavy atom. The van der Waals surface area contributed by atoms with E-state index < -0.39 is 0 Å². The smallest absolute Gasteiger partial charge is 0.307 e. The number of para-hydroxylation sites is 1. The van der Waals surface area contributed by atoms with E-state index in [0.29, 0.717) is 23.9 Å². The van der Waals surface area contributed by atoms with Gasteiger partial charge >= 0.3 is 4.87 Å². The zero-order valence-electron chi connectivity index (χ0n) is 10.2. The van der Waals surface area contributed by atoms with E-state index in [1.165, 1.54) is 11.3 Å². The first kappa shape index (κ1) is 13.8. The SMILES string of the molecule is NC(=S)c1ccccc1OCCCn1ccsc1=O. The van der Waals surface area contributed by atoms with Crippen molar-refractivity contribution in [3.63, 3.8) is 0 Å². The van der Waals surface area contributed by atoms with Crippen molar-refractivity contribution in [2.45, 2.75) is 13.0 Å². The average Bonchev–Trinajstić information content (AvgIpc) is 2.80. The van der Waals surface area contributed by atoms with Crippen molar-refractivity contribution in [3.05, 3.63) is 51.1 Å². The van der Waals surface area contributed by atoms with Crippen molar-refractivity contribution in [2.75, 3.05) is 6.61 Å². The fourth-order valence-corrected chi connectivity index (χ4v) is 2.45.